The quantitative estimate of drug-likeness (QED) is 0.280. The summed E-state index contributed by atoms with van der Waals surface area (Å²) in [5, 5.41) is 7.50. The number of likely N-dealkylation sites (N-methyl/N-ethyl adjacent to an activating group) is 1. The average Bonchev–Trinajstić information content (AvgIpc) is 3.72. The Morgan fingerprint density at radius 3 is 2.40 bits per heavy atom. The number of piperidine rings is 1. The van der Waals surface area contributed by atoms with Gasteiger partial charge in [0.15, 0.2) is 5.03 Å². The summed E-state index contributed by atoms with van der Waals surface area (Å²) in [5.74, 6) is -0.167. The Bertz CT molecular complexity index is 1850. The third-order valence-electron chi connectivity index (χ3n) is 9.08. The molecule has 1 N–H and O–H groups in total. The molecule has 17 heteroatoms. The lowest BCUT2D eigenvalue weighted by atomic mass is 9.95. The second-order valence-electron chi connectivity index (χ2n) is 12.5. The molecule has 4 aromatic heterocycles. The third-order valence-corrected chi connectivity index (χ3v) is 10.8. The summed E-state index contributed by atoms with van der Waals surface area (Å²) in [4.78, 5) is 21.8. The van der Waals surface area contributed by atoms with E-state index in [1.54, 1.807) is 11.6 Å². The van der Waals surface area contributed by atoms with E-state index in [1.165, 1.54) is 33.9 Å². The Labute approximate surface area is 277 Å². The molecule has 0 aliphatic carbocycles. The number of pyridine rings is 1. The average molecular weight is 688 g/mol. The fraction of sp³-hybridized carbons (Fsp3) is 0.516. The Morgan fingerprint density at radius 1 is 1.00 bits per heavy atom. The summed E-state index contributed by atoms with van der Waals surface area (Å²) < 4.78 is 73.0. The molecule has 0 spiro atoms. The van der Waals surface area contributed by atoms with Gasteiger partial charge in [0.25, 0.3) is 10.0 Å². The van der Waals surface area contributed by atoms with E-state index < -0.39 is 21.8 Å². The van der Waals surface area contributed by atoms with Gasteiger partial charge in [0.2, 0.25) is 5.95 Å². The number of aromatic nitrogens is 7. The minimum Gasteiger partial charge on any atom is -0.351 e. The van der Waals surface area contributed by atoms with Crippen molar-refractivity contribution in [3.05, 3.63) is 60.2 Å². The van der Waals surface area contributed by atoms with Crippen molar-refractivity contribution in [3.63, 3.8) is 0 Å². The molecule has 0 bridgehead atoms. The van der Waals surface area contributed by atoms with Crippen molar-refractivity contribution in [2.24, 2.45) is 13.0 Å². The molecule has 6 heterocycles. The van der Waals surface area contributed by atoms with Crippen LogP contribution in [-0.2, 0) is 29.8 Å². The van der Waals surface area contributed by atoms with Crippen LogP contribution >= 0.6 is 0 Å². The van der Waals surface area contributed by atoms with Crippen LogP contribution in [0, 0.1) is 12.8 Å². The summed E-state index contributed by atoms with van der Waals surface area (Å²) in [6.07, 6.45) is 2.23. The molecule has 0 unspecified atom stereocenters. The number of nitrogens with zero attached hydrogens (tertiary/aromatic N) is 10. The summed E-state index contributed by atoms with van der Waals surface area (Å²) >= 11 is 0. The molecule has 0 amide bonds. The van der Waals surface area contributed by atoms with E-state index in [9.17, 15) is 21.6 Å². The van der Waals surface area contributed by atoms with Gasteiger partial charge < -0.3 is 14.8 Å². The molecule has 0 radical (unpaired) electrons. The highest BCUT2D eigenvalue weighted by Crippen LogP contribution is 2.36. The van der Waals surface area contributed by atoms with Crippen LogP contribution in [-0.4, -0.2) is 109 Å². The van der Waals surface area contributed by atoms with Gasteiger partial charge in [-0.1, -0.05) is 13.8 Å². The number of nitrogens with one attached hydrogen (secondary N) is 1. The van der Waals surface area contributed by atoms with Crippen LogP contribution in [0.1, 0.15) is 37.2 Å². The molecule has 0 saturated carbocycles. The number of imidazole rings is 1. The van der Waals surface area contributed by atoms with Crippen molar-refractivity contribution >= 4 is 16.0 Å². The molecule has 48 heavy (non-hydrogen) atoms. The van der Waals surface area contributed by atoms with Crippen molar-refractivity contribution in [2.45, 2.75) is 51.0 Å². The minimum atomic E-state index is -4.70. The Balaban J connectivity index is 1.18. The molecule has 2 atom stereocenters. The van der Waals surface area contributed by atoms with Crippen LogP contribution in [0.4, 0.5) is 19.1 Å². The van der Waals surface area contributed by atoms with Gasteiger partial charge in [0.05, 0.1) is 35.3 Å². The third kappa shape index (κ3) is 7.23. The zero-order chi connectivity index (χ0) is 34.2. The summed E-state index contributed by atoms with van der Waals surface area (Å²) in [6, 6.07) is 3.55. The van der Waals surface area contributed by atoms with Gasteiger partial charge in [-0.15, -0.1) is 0 Å². The maximum absolute atomic E-state index is 14.1. The molecule has 2 aliphatic heterocycles. The molecule has 2 aliphatic rings. The highest BCUT2D eigenvalue weighted by Gasteiger charge is 2.37. The Morgan fingerprint density at radius 2 is 1.75 bits per heavy atom. The zero-order valence-corrected chi connectivity index (χ0v) is 28.2. The van der Waals surface area contributed by atoms with Gasteiger partial charge in [0.1, 0.15) is 5.56 Å². The summed E-state index contributed by atoms with van der Waals surface area (Å²) in [6.45, 7) is 12.1. The topological polar surface area (TPSA) is 130 Å². The van der Waals surface area contributed by atoms with Crippen molar-refractivity contribution in [2.75, 3.05) is 51.1 Å². The predicted molar refractivity (Wildman–Crippen MR) is 173 cm³/mol. The van der Waals surface area contributed by atoms with Crippen LogP contribution in [0.3, 0.4) is 0 Å². The Hall–Kier alpha value is -3.93. The molecular formula is C31H40F3N11O2S. The molecule has 258 valence electrons. The predicted octanol–water partition coefficient (Wildman–Crippen LogP) is 3.43. The second-order valence-corrected chi connectivity index (χ2v) is 14.4. The summed E-state index contributed by atoms with van der Waals surface area (Å²) in [5.41, 5.74) is 1.18. The van der Waals surface area contributed by atoms with Crippen LogP contribution in [0.15, 0.2) is 48.3 Å². The van der Waals surface area contributed by atoms with Crippen molar-refractivity contribution in [1.29, 1.82) is 0 Å². The highest BCUT2D eigenvalue weighted by molar-refractivity contribution is 7.89. The number of hydrogen-bond acceptors (Lipinski definition) is 10. The second kappa shape index (κ2) is 13.5. The number of hydrogen-bond donors (Lipinski definition) is 1. The molecule has 13 nitrogen and oxygen atoms in total. The monoisotopic (exact) mass is 687 g/mol. The van der Waals surface area contributed by atoms with E-state index in [2.05, 4.69) is 42.1 Å². The highest BCUT2D eigenvalue weighted by atomic mass is 32.2. The fourth-order valence-electron chi connectivity index (χ4n) is 6.24. The fourth-order valence-corrected chi connectivity index (χ4v) is 7.77. The SMILES string of the molecule is CCN1CCN(Cc2ccc(-n3cc(-c4nc(N[C@H]5CCN(S(=O)(=O)c6cn(C)cn6)C[C@H]5C)ncc4C(F)(F)F)cn3)c(C)n2)CC1. The number of sulfonamides is 1. The number of rotatable bonds is 9. The van der Waals surface area contributed by atoms with E-state index >= 15 is 0 Å². The van der Waals surface area contributed by atoms with E-state index in [0.717, 1.165) is 51.2 Å². The normalized spacial score (nSPS) is 20.3. The maximum Gasteiger partial charge on any atom is 0.419 e. The first-order valence-electron chi connectivity index (χ1n) is 16.0. The maximum atomic E-state index is 14.1. The molecule has 2 saturated heterocycles. The van der Waals surface area contributed by atoms with Gasteiger partial charge in [-0.2, -0.15) is 22.6 Å². The van der Waals surface area contributed by atoms with Crippen molar-refractivity contribution in [3.8, 4) is 16.9 Å². The lowest BCUT2D eigenvalue weighted by Crippen LogP contribution is -2.47. The van der Waals surface area contributed by atoms with E-state index in [0.29, 0.717) is 17.8 Å². The van der Waals surface area contributed by atoms with Gasteiger partial charge in [0, 0.05) is 83.1 Å². The zero-order valence-electron chi connectivity index (χ0n) is 27.4. The minimum absolute atomic E-state index is 0.0191. The molecule has 6 rings (SSSR count). The Kier molecular flexibility index (Phi) is 9.57. The number of anilines is 1. The van der Waals surface area contributed by atoms with Crippen molar-refractivity contribution in [1.82, 2.24) is 48.4 Å². The smallest absolute Gasteiger partial charge is 0.351 e. The van der Waals surface area contributed by atoms with Crippen LogP contribution in [0.2, 0.25) is 0 Å². The number of alkyl halides is 3. The number of aryl methyl sites for hydroxylation is 2. The first kappa shape index (κ1) is 34.0. The summed E-state index contributed by atoms with van der Waals surface area (Å²) in [7, 11) is -2.08. The first-order chi connectivity index (χ1) is 22.8. The van der Waals surface area contributed by atoms with Gasteiger partial charge in [-0.3, -0.25) is 9.88 Å². The van der Waals surface area contributed by atoms with E-state index in [4.69, 9.17) is 4.98 Å². The molecule has 0 aromatic carbocycles. The molecule has 2 fully saturated rings. The molecule has 4 aromatic rings. The van der Waals surface area contributed by atoms with Crippen molar-refractivity contribution < 1.29 is 21.6 Å². The number of piperazine rings is 1. The largest absolute Gasteiger partial charge is 0.419 e. The van der Waals surface area contributed by atoms with Crippen LogP contribution < -0.4 is 5.32 Å². The van der Waals surface area contributed by atoms with Gasteiger partial charge in [-0.25, -0.2) is 28.1 Å². The van der Waals surface area contributed by atoms with E-state index in [-0.39, 0.29) is 47.3 Å². The number of halogens is 3. The van der Waals surface area contributed by atoms with E-state index in [1.807, 2.05) is 26.0 Å². The van der Waals surface area contributed by atoms with Crippen LogP contribution in [0.5, 0.6) is 0 Å². The van der Waals surface area contributed by atoms with Gasteiger partial charge in [-0.05, 0) is 37.9 Å². The standard InChI is InChI=1S/C31H40F3N11O2S/c1-5-42-10-12-43(13-11-42)18-24-6-7-27(22(3)38-24)45-17-23(14-37-45)29-25(31(32,33)34)15-35-30(40-29)39-26-8-9-44(16-21(26)2)48(46,47)28-19-41(4)20-36-28/h6-7,14-15,17,19-21,26H,5,8-13,16,18H2,1-4H3,(H,35,39,40)/t21-,26+/m1/s1. The lowest BCUT2D eigenvalue weighted by molar-refractivity contribution is -0.137. The van der Waals surface area contributed by atoms with Crippen LogP contribution in [0.25, 0.3) is 16.9 Å². The molecular weight excluding hydrogens is 647 g/mol. The van der Waals surface area contributed by atoms with Gasteiger partial charge >= 0.3 is 6.18 Å². The first-order valence-corrected chi connectivity index (χ1v) is 17.4. The lowest BCUT2D eigenvalue weighted by Gasteiger charge is -2.36.